The Bertz CT molecular complexity index is 788. The Balaban J connectivity index is 1.33. The van der Waals surface area contributed by atoms with Gasteiger partial charge in [0.2, 0.25) is 5.91 Å². The Morgan fingerprint density at radius 1 is 1.30 bits per heavy atom. The van der Waals surface area contributed by atoms with Gasteiger partial charge in [-0.05, 0) is 69.7 Å². The van der Waals surface area contributed by atoms with Crippen LogP contribution in [0.25, 0.3) is 0 Å². The van der Waals surface area contributed by atoms with Crippen LogP contribution >= 0.6 is 0 Å². The zero-order valence-electron chi connectivity index (χ0n) is 16.0. The number of hydrogen-bond donors (Lipinski definition) is 1. The van der Waals surface area contributed by atoms with E-state index >= 15 is 0 Å². The number of carbonyl (C=O) groups excluding carboxylic acids is 1. The monoisotopic (exact) mass is 368 g/mol. The molecule has 0 bridgehead atoms. The number of aryl methyl sites for hydroxylation is 2. The van der Waals surface area contributed by atoms with Gasteiger partial charge >= 0.3 is 0 Å². The number of nitrogens with one attached hydrogen (secondary N) is 1. The van der Waals surface area contributed by atoms with Crippen LogP contribution in [0, 0.1) is 12.8 Å². The number of nitrogens with zero attached hydrogens (tertiary/aromatic N) is 3. The molecule has 1 fully saturated rings. The predicted octanol–water partition coefficient (Wildman–Crippen LogP) is 2.79. The van der Waals surface area contributed by atoms with Crippen molar-refractivity contribution in [1.82, 2.24) is 20.2 Å². The lowest BCUT2D eigenvalue weighted by atomic mass is 9.95. The topological polar surface area (TPSA) is 71.3 Å². The molecule has 1 amide bonds. The number of aromatic nitrogens is 2. The Labute approximate surface area is 160 Å². The molecule has 0 radical (unpaired) electrons. The molecule has 6 nitrogen and oxygen atoms in total. The number of furan rings is 1. The van der Waals surface area contributed by atoms with Gasteiger partial charge in [0.25, 0.3) is 0 Å². The van der Waals surface area contributed by atoms with Crippen molar-refractivity contribution in [1.29, 1.82) is 0 Å². The van der Waals surface area contributed by atoms with E-state index in [1.807, 2.05) is 12.1 Å². The van der Waals surface area contributed by atoms with Crippen molar-refractivity contribution >= 4 is 5.91 Å². The Morgan fingerprint density at radius 3 is 3.04 bits per heavy atom. The summed E-state index contributed by atoms with van der Waals surface area (Å²) in [6.07, 6.45) is 8.21. The lowest BCUT2D eigenvalue weighted by molar-refractivity contribution is -0.127. The quantitative estimate of drug-likeness (QED) is 0.879. The van der Waals surface area contributed by atoms with Crippen molar-refractivity contribution in [3.05, 3.63) is 46.9 Å². The highest BCUT2D eigenvalue weighted by Crippen LogP contribution is 2.22. The lowest BCUT2D eigenvalue weighted by Gasteiger charge is -2.31. The van der Waals surface area contributed by atoms with Gasteiger partial charge in [0.15, 0.2) is 0 Å². The van der Waals surface area contributed by atoms with Gasteiger partial charge in [-0.3, -0.25) is 9.69 Å². The first-order chi connectivity index (χ1) is 13.2. The molecule has 2 aliphatic rings. The van der Waals surface area contributed by atoms with Gasteiger partial charge in [0.05, 0.1) is 25.3 Å². The van der Waals surface area contributed by atoms with Crippen LogP contribution < -0.4 is 5.32 Å². The molecule has 144 valence electrons. The molecule has 4 rings (SSSR count). The summed E-state index contributed by atoms with van der Waals surface area (Å²) in [6.45, 7) is 5.03. The van der Waals surface area contributed by atoms with Gasteiger partial charge in [-0.1, -0.05) is 0 Å². The predicted molar refractivity (Wildman–Crippen MR) is 102 cm³/mol. The normalized spacial score (nSPS) is 20.3. The second-order valence-electron chi connectivity index (χ2n) is 7.73. The van der Waals surface area contributed by atoms with E-state index in [9.17, 15) is 4.79 Å². The summed E-state index contributed by atoms with van der Waals surface area (Å²) in [6, 6.07) is 3.89. The molecular weight excluding hydrogens is 340 g/mol. The number of amides is 1. The maximum Gasteiger partial charge on any atom is 0.224 e. The fraction of sp³-hybridized carbons (Fsp3) is 0.571. The summed E-state index contributed by atoms with van der Waals surface area (Å²) >= 11 is 0. The molecule has 1 aliphatic carbocycles. The van der Waals surface area contributed by atoms with Crippen molar-refractivity contribution < 1.29 is 9.21 Å². The molecule has 2 aromatic heterocycles. The largest absolute Gasteiger partial charge is 0.468 e. The zero-order valence-corrected chi connectivity index (χ0v) is 16.0. The Hall–Kier alpha value is -2.21. The van der Waals surface area contributed by atoms with E-state index < -0.39 is 0 Å². The van der Waals surface area contributed by atoms with E-state index in [1.165, 1.54) is 24.1 Å². The van der Waals surface area contributed by atoms with E-state index in [-0.39, 0.29) is 11.8 Å². The average molecular weight is 368 g/mol. The summed E-state index contributed by atoms with van der Waals surface area (Å²) in [7, 11) is 0. The molecule has 3 heterocycles. The molecule has 1 N–H and O–H groups in total. The zero-order chi connectivity index (χ0) is 18.6. The van der Waals surface area contributed by atoms with Crippen LogP contribution in [-0.2, 0) is 30.7 Å². The summed E-state index contributed by atoms with van der Waals surface area (Å²) < 4.78 is 5.44. The maximum atomic E-state index is 12.7. The van der Waals surface area contributed by atoms with Crippen LogP contribution in [0.2, 0.25) is 0 Å². The molecule has 27 heavy (non-hydrogen) atoms. The van der Waals surface area contributed by atoms with Gasteiger partial charge in [-0.25, -0.2) is 9.97 Å². The highest BCUT2D eigenvalue weighted by atomic mass is 16.3. The second-order valence-corrected chi connectivity index (χ2v) is 7.73. The van der Waals surface area contributed by atoms with Crippen molar-refractivity contribution in [2.75, 3.05) is 13.1 Å². The summed E-state index contributed by atoms with van der Waals surface area (Å²) in [4.78, 5) is 24.3. The standard InChI is InChI=1S/C21H28N4O2/c1-15-18-8-2-3-9-19(18)24-20(23-15)12-22-21(26)16-6-4-10-25(13-16)14-17-7-5-11-27-17/h5,7,11,16H,2-4,6,8-10,12-14H2,1H3,(H,22,26)/t16-/m1/s1. The molecule has 6 heteroatoms. The summed E-state index contributed by atoms with van der Waals surface area (Å²) in [5, 5.41) is 3.07. The number of piperidine rings is 1. The van der Waals surface area contributed by atoms with Crippen molar-refractivity contribution in [3.8, 4) is 0 Å². The van der Waals surface area contributed by atoms with Gasteiger partial charge in [-0.2, -0.15) is 0 Å². The van der Waals surface area contributed by atoms with E-state index in [1.54, 1.807) is 6.26 Å². The Morgan fingerprint density at radius 2 is 2.19 bits per heavy atom. The van der Waals surface area contributed by atoms with E-state index in [0.717, 1.165) is 62.6 Å². The van der Waals surface area contributed by atoms with E-state index in [4.69, 9.17) is 9.40 Å². The first kappa shape index (κ1) is 18.2. The summed E-state index contributed by atoms with van der Waals surface area (Å²) in [5.41, 5.74) is 3.57. The van der Waals surface area contributed by atoms with E-state index in [2.05, 4.69) is 22.1 Å². The van der Waals surface area contributed by atoms with Crippen LogP contribution in [0.5, 0.6) is 0 Å². The highest BCUT2D eigenvalue weighted by molar-refractivity contribution is 5.78. The van der Waals surface area contributed by atoms with Gasteiger partial charge in [0, 0.05) is 17.9 Å². The number of rotatable bonds is 5. The fourth-order valence-corrected chi connectivity index (χ4v) is 4.27. The minimum Gasteiger partial charge on any atom is -0.468 e. The second kappa shape index (κ2) is 8.21. The van der Waals surface area contributed by atoms with Gasteiger partial charge in [0.1, 0.15) is 11.6 Å². The number of carbonyl (C=O) groups is 1. The van der Waals surface area contributed by atoms with Crippen molar-refractivity contribution in [2.45, 2.75) is 58.5 Å². The third kappa shape index (κ3) is 4.38. The number of likely N-dealkylation sites (tertiary alicyclic amines) is 1. The summed E-state index contributed by atoms with van der Waals surface area (Å²) in [5.74, 6) is 1.82. The van der Waals surface area contributed by atoms with Crippen LogP contribution in [-0.4, -0.2) is 33.9 Å². The molecule has 0 spiro atoms. The first-order valence-corrected chi connectivity index (χ1v) is 10.1. The van der Waals surface area contributed by atoms with Crippen molar-refractivity contribution in [3.63, 3.8) is 0 Å². The number of hydrogen-bond acceptors (Lipinski definition) is 5. The highest BCUT2D eigenvalue weighted by Gasteiger charge is 2.26. The molecule has 0 aromatic carbocycles. The van der Waals surface area contributed by atoms with Crippen molar-refractivity contribution in [2.24, 2.45) is 5.92 Å². The molecule has 2 aromatic rings. The molecule has 1 saturated heterocycles. The minimum atomic E-state index is 0.0208. The van der Waals surface area contributed by atoms with Crippen LogP contribution in [0.15, 0.2) is 22.8 Å². The van der Waals surface area contributed by atoms with Crippen LogP contribution in [0.3, 0.4) is 0 Å². The SMILES string of the molecule is Cc1nc(CNC(=O)[C@@H]2CCCN(Cc3ccco3)C2)nc2c1CCCC2. The maximum absolute atomic E-state index is 12.7. The molecule has 0 saturated carbocycles. The first-order valence-electron chi connectivity index (χ1n) is 10.1. The van der Waals surface area contributed by atoms with Crippen LogP contribution in [0.1, 0.15) is 54.2 Å². The fourth-order valence-electron chi connectivity index (χ4n) is 4.27. The van der Waals surface area contributed by atoms with Gasteiger partial charge < -0.3 is 9.73 Å². The van der Waals surface area contributed by atoms with Crippen LogP contribution in [0.4, 0.5) is 0 Å². The smallest absolute Gasteiger partial charge is 0.224 e. The lowest BCUT2D eigenvalue weighted by Crippen LogP contribution is -2.42. The molecule has 1 aliphatic heterocycles. The third-order valence-electron chi connectivity index (χ3n) is 5.69. The number of fused-ring (bicyclic) bond motifs is 1. The molecular formula is C21H28N4O2. The van der Waals surface area contributed by atoms with E-state index in [0.29, 0.717) is 6.54 Å². The third-order valence-corrected chi connectivity index (χ3v) is 5.69. The minimum absolute atomic E-state index is 0.0208. The van der Waals surface area contributed by atoms with Gasteiger partial charge in [-0.15, -0.1) is 0 Å². The molecule has 1 atom stereocenters. The average Bonchev–Trinajstić information content (AvgIpc) is 3.19. The Kier molecular flexibility index (Phi) is 5.53. The molecule has 0 unspecified atom stereocenters.